The smallest absolute Gasteiger partial charge is 0.232 e. The van der Waals surface area contributed by atoms with E-state index in [9.17, 15) is 9.59 Å². The molecule has 0 saturated heterocycles. The fourth-order valence-electron chi connectivity index (χ4n) is 5.11. The van der Waals surface area contributed by atoms with Gasteiger partial charge in [0.1, 0.15) is 0 Å². The monoisotopic (exact) mass is 417 g/mol. The topological polar surface area (TPSA) is 55.8 Å². The number of anilines is 1. The Balaban J connectivity index is 1.68. The molecule has 1 unspecified atom stereocenters. The summed E-state index contributed by atoms with van der Waals surface area (Å²) in [6.07, 6.45) is 1.44. The van der Waals surface area contributed by atoms with E-state index in [1.807, 2.05) is 50.2 Å². The van der Waals surface area contributed by atoms with Crippen LogP contribution in [-0.2, 0) is 9.59 Å². The van der Waals surface area contributed by atoms with Gasteiger partial charge in [-0.15, -0.1) is 0 Å². The minimum absolute atomic E-state index is 0.0233. The van der Waals surface area contributed by atoms with E-state index >= 15 is 0 Å². The van der Waals surface area contributed by atoms with Crippen LogP contribution in [0.3, 0.4) is 0 Å². The van der Waals surface area contributed by atoms with Gasteiger partial charge in [-0.3, -0.25) is 14.5 Å². The van der Waals surface area contributed by atoms with Crippen molar-refractivity contribution in [2.24, 2.45) is 5.41 Å². The molecule has 0 aromatic heterocycles. The molecule has 1 aliphatic carbocycles. The molecule has 160 valence electrons. The number of allylic oxidation sites excluding steroid dienone is 2. The van der Waals surface area contributed by atoms with Crippen molar-refractivity contribution in [1.29, 1.82) is 0 Å². The molecule has 2 aliphatic heterocycles. The molecule has 0 fully saturated rings. The molecule has 0 radical (unpaired) electrons. The molecule has 2 aromatic carbocycles. The minimum atomic E-state index is -0.262. The summed E-state index contributed by atoms with van der Waals surface area (Å²) in [7, 11) is 0. The van der Waals surface area contributed by atoms with E-state index in [1.54, 1.807) is 4.90 Å². The maximum atomic E-state index is 13.5. The number of Topliss-reactive ketones (excluding diaryl/α,β-unsaturated/α-hetero) is 1. The zero-order valence-electron chi connectivity index (χ0n) is 18.5. The van der Waals surface area contributed by atoms with Gasteiger partial charge >= 0.3 is 0 Å². The van der Waals surface area contributed by atoms with E-state index in [4.69, 9.17) is 9.47 Å². The van der Waals surface area contributed by atoms with Crippen LogP contribution in [0.4, 0.5) is 5.69 Å². The lowest BCUT2D eigenvalue weighted by Crippen LogP contribution is -2.43. The lowest BCUT2D eigenvalue weighted by atomic mass is 9.68. The number of aryl methyl sites for hydroxylation is 2. The van der Waals surface area contributed by atoms with E-state index in [2.05, 4.69) is 13.8 Å². The van der Waals surface area contributed by atoms with Gasteiger partial charge in [0.15, 0.2) is 17.3 Å². The number of carbonyl (C=O) groups is 2. The molecule has 31 heavy (non-hydrogen) atoms. The Morgan fingerprint density at radius 2 is 1.65 bits per heavy atom. The maximum Gasteiger partial charge on any atom is 0.232 e. The van der Waals surface area contributed by atoms with Gasteiger partial charge in [0.2, 0.25) is 12.7 Å². The molecule has 0 spiro atoms. The summed E-state index contributed by atoms with van der Waals surface area (Å²) in [5, 5.41) is 0. The van der Waals surface area contributed by atoms with Crippen molar-refractivity contribution in [3.05, 3.63) is 64.4 Å². The third-order valence-corrected chi connectivity index (χ3v) is 6.57. The fourth-order valence-corrected chi connectivity index (χ4v) is 5.11. The average molecular weight is 418 g/mol. The van der Waals surface area contributed by atoms with Crippen LogP contribution < -0.4 is 14.4 Å². The van der Waals surface area contributed by atoms with E-state index in [0.29, 0.717) is 18.6 Å². The zero-order valence-corrected chi connectivity index (χ0v) is 18.5. The van der Waals surface area contributed by atoms with Crippen LogP contribution in [0, 0.1) is 19.3 Å². The summed E-state index contributed by atoms with van der Waals surface area (Å²) in [6, 6.07) is 11.9. The molecule has 1 amide bonds. The maximum absolute atomic E-state index is 13.5. The van der Waals surface area contributed by atoms with Gasteiger partial charge in [-0.2, -0.15) is 0 Å². The molecule has 0 N–H and O–H groups in total. The Morgan fingerprint density at radius 1 is 0.968 bits per heavy atom. The molecular weight excluding hydrogens is 390 g/mol. The Kier molecular flexibility index (Phi) is 4.47. The number of nitrogens with zero attached hydrogens (tertiary/aromatic N) is 1. The standard InChI is InChI=1S/C26H27NO4/c1-15-5-7-17(8-6-15)27-20-12-26(3,4)13-21(28)25(20)19(11-24(27)29)18-10-23-22(9-16(18)2)30-14-31-23/h5-10,19H,11-14H2,1-4H3. The van der Waals surface area contributed by atoms with Crippen molar-refractivity contribution in [2.75, 3.05) is 11.7 Å². The summed E-state index contributed by atoms with van der Waals surface area (Å²) in [4.78, 5) is 28.7. The Morgan fingerprint density at radius 3 is 2.35 bits per heavy atom. The van der Waals surface area contributed by atoms with Crippen molar-refractivity contribution in [1.82, 2.24) is 0 Å². The quantitative estimate of drug-likeness (QED) is 0.674. The number of hydrogen-bond acceptors (Lipinski definition) is 4. The number of benzene rings is 2. The molecule has 3 aliphatic rings. The van der Waals surface area contributed by atoms with Gasteiger partial charge in [-0.05, 0) is 61.1 Å². The van der Waals surface area contributed by atoms with Gasteiger partial charge < -0.3 is 9.47 Å². The van der Waals surface area contributed by atoms with Gasteiger partial charge in [0, 0.05) is 35.7 Å². The first-order valence-corrected chi connectivity index (χ1v) is 10.8. The molecule has 0 saturated carbocycles. The van der Waals surface area contributed by atoms with Crippen LogP contribution in [0.2, 0.25) is 0 Å². The number of amides is 1. The molecule has 2 heterocycles. The minimum Gasteiger partial charge on any atom is -0.454 e. The normalized spacial score (nSPS) is 22.1. The highest BCUT2D eigenvalue weighted by Gasteiger charge is 2.44. The lowest BCUT2D eigenvalue weighted by molar-refractivity contribution is -0.121. The predicted octanol–water partition coefficient (Wildman–Crippen LogP) is 5.20. The van der Waals surface area contributed by atoms with Gasteiger partial charge in [-0.25, -0.2) is 0 Å². The molecule has 5 heteroatoms. The fraction of sp³-hybridized carbons (Fsp3) is 0.385. The summed E-state index contributed by atoms with van der Waals surface area (Å²) < 4.78 is 11.1. The van der Waals surface area contributed by atoms with E-state index in [1.165, 1.54) is 0 Å². The van der Waals surface area contributed by atoms with Crippen molar-refractivity contribution in [3.63, 3.8) is 0 Å². The van der Waals surface area contributed by atoms with Gasteiger partial charge in [0.05, 0.1) is 0 Å². The number of ether oxygens (including phenoxy) is 2. The molecule has 0 bridgehead atoms. The zero-order chi connectivity index (χ0) is 21.9. The summed E-state index contributed by atoms with van der Waals surface area (Å²) in [5.74, 6) is 1.30. The Labute approximate surface area is 182 Å². The number of fused-ring (bicyclic) bond motifs is 1. The first-order valence-electron chi connectivity index (χ1n) is 10.8. The van der Waals surface area contributed by atoms with Crippen LogP contribution in [-0.4, -0.2) is 18.5 Å². The predicted molar refractivity (Wildman–Crippen MR) is 118 cm³/mol. The van der Waals surface area contributed by atoms with Crippen molar-refractivity contribution >= 4 is 17.4 Å². The summed E-state index contributed by atoms with van der Waals surface area (Å²) in [6.45, 7) is 8.43. The summed E-state index contributed by atoms with van der Waals surface area (Å²) >= 11 is 0. The lowest BCUT2D eigenvalue weighted by Gasteiger charge is -2.43. The Bertz CT molecular complexity index is 1130. The highest BCUT2D eigenvalue weighted by atomic mass is 16.7. The van der Waals surface area contributed by atoms with E-state index in [0.717, 1.165) is 39.4 Å². The number of hydrogen-bond donors (Lipinski definition) is 0. The van der Waals surface area contributed by atoms with Crippen LogP contribution in [0.25, 0.3) is 0 Å². The van der Waals surface area contributed by atoms with Crippen molar-refractivity contribution < 1.29 is 19.1 Å². The largest absolute Gasteiger partial charge is 0.454 e. The van der Waals surface area contributed by atoms with Crippen molar-refractivity contribution in [3.8, 4) is 11.5 Å². The highest BCUT2D eigenvalue weighted by molar-refractivity contribution is 6.07. The number of rotatable bonds is 2. The highest BCUT2D eigenvalue weighted by Crippen LogP contribution is 2.50. The molecule has 5 nitrogen and oxygen atoms in total. The number of carbonyl (C=O) groups excluding carboxylic acids is 2. The summed E-state index contributed by atoms with van der Waals surface area (Å²) in [5.41, 5.74) is 5.39. The second kappa shape index (κ2) is 6.98. The van der Waals surface area contributed by atoms with Crippen molar-refractivity contribution in [2.45, 2.75) is 52.9 Å². The Hall–Kier alpha value is -3.08. The molecule has 2 aromatic rings. The van der Waals surface area contributed by atoms with Crippen LogP contribution >= 0.6 is 0 Å². The van der Waals surface area contributed by atoms with E-state index in [-0.39, 0.29) is 36.2 Å². The molecule has 1 atom stereocenters. The second-order valence-electron chi connectivity index (χ2n) is 9.68. The van der Waals surface area contributed by atoms with E-state index < -0.39 is 0 Å². The van der Waals surface area contributed by atoms with Gasteiger partial charge in [0.25, 0.3) is 0 Å². The van der Waals surface area contributed by atoms with Crippen LogP contribution in [0.5, 0.6) is 11.5 Å². The molecule has 5 rings (SSSR count). The third kappa shape index (κ3) is 3.32. The first kappa shape index (κ1) is 19.9. The third-order valence-electron chi connectivity index (χ3n) is 6.57. The second-order valence-corrected chi connectivity index (χ2v) is 9.68. The first-order chi connectivity index (χ1) is 14.7. The van der Waals surface area contributed by atoms with Crippen LogP contribution in [0.1, 0.15) is 55.7 Å². The number of ketones is 1. The average Bonchev–Trinajstić information content (AvgIpc) is 3.14. The SMILES string of the molecule is Cc1ccc(N2C(=O)CC(c3cc4c(cc3C)OCO4)C3=C2CC(C)(C)CC3=O)cc1. The van der Waals surface area contributed by atoms with Crippen LogP contribution in [0.15, 0.2) is 47.7 Å². The van der Waals surface area contributed by atoms with Gasteiger partial charge in [-0.1, -0.05) is 31.5 Å². The molecular formula is C26H27NO4.